The Morgan fingerprint density at radius 1 is 1.04 bits per heavy atom. The fraction of sp³-hybridized carbons (Fsp3) is 0.105. The standard InChI is InChI=1S/C19H15N3O6/c1-2-28-19(27)16-20-13-6-4-3-5-11(13)15(22-16)21-14-9-10(17(23)24)7-8-12(14)18(25)26/h3-9H,2H2,1H3,(H,23,24)(H,25,26)(H,20,21,22). The van der Waals surface area contributed by atoms with Gasteiger partial charge in [0.15, 0.2) is 0 Å². The van der Waals surface area contributed by atoms with Crippen LogP contribution in [0.3, 0.4) is 0 Å². The molecule has 0 unspecified atom stereocenters. The number of fused-ring (bicyclic) bond motifs is 1. The van der Waals surface area contributed by atoms with Crippen molar-refractivity contribution in [1.82, 2.24) is 9.97 Å². The minimum Gasteiger partial charge on any atom is -0.478 e. The molecule has 0 saturated carbocycles. The van der Waals surface area contributed by atoms with Gasteiger partial charge in [-0.05, 0) is 37.3 Å². The highest BCUT2D eigenvalue weighted by molar-refractivity contribution is 6.01. The largest absolute Gasteiger partial charge is 0.478 e. The Bertz CT molecular complexity index is 1100. The zero-order chi connectivity index (χ0) is 20.3. The number of esters is 1. The number of carboxylic acids is 2. The Labute approximate surface area is 158 Å². The monoisotopic (exact) mass is 381 g/mol. The van der Waals surface area contributed by atoms with E-state index in [4.69, 9.17) is 4.74 Å². The van der Waals surface area contributed by atoms with E-state index in [2.05, 4.69) is 15.3 Å². The second kappa shape index (κ2) is 7.70. The summed E-state index contributed by atoms with van der Waals surface area (Å²) in [6, 6.07) is 10.4. The molecule has 0 fully saturated rings. The van der Waals surface area contributed by atoms with Crippen LogP contribution in [0.1, 0.15) is 38.3 Å². The summed E-state index contributed by atoms with van der Waals surface area (Å²) in [7, 11) is 0. The van der Waals surface area contributed by atoms with Crippen LogP contribution < -0.4 is 5.32 Å². The van der Waals surface area contributed by atoms with Crippen LogP contribution in [0.5, 0.6) is 0 Å². The molecule has 9 nitrogen and oxygen atoms in total. The second-order valence-corrected chi connectivity index (χ2v) is 5.63. The highest BCUT2D eigenvalue weighted by atomic mass is 16.5. The van der Waals surface area contributed by atoms with Crippen LogP contribution >= 0.6 is 0 Å². The summed E-state index contributed by atoms with van der Waals surface area (Å²) in [5.41, 5.74) is 0.210. The molecule has 3 aromatic rings. The van der Waals surface area contributed by atoms with Crippen LogP contribution in [-0.4, -0.2) is 44.7 Å². The van der Waals surface area contributed by atoms with Crippen LogP contribution in [0.25, 0.3) is 10.9 Å². The highest BCUT2D eigenvalue weighted by Gasteiger charge is 2.18. The maximum absolute atomic E-state index is 12.1. The highest BCUT2D eigenvalue weighted by Crippen LogP contribution is 2.27. The van der Waals surface area contributed by atoms with E-state index in [1.165, 1.54) is 18.2 Å². The number of nitrogens with zero attached hydrogens (tertiary/aromatic N) is 2. The van der Waals surface area contributed by atoms with Gasteiger partial charge in [-0.2, -0.15) is 0 Å². The van der Waals surface area contributed by atoms with Crippen molar-refractivity contribution in [3.05, 3.63) is 59.4 Å². The summed E-state index contributed by atoms with van der Waals surface area (Å²) in [6.07, 6.45) is 0. The average Bonchev–Trinajstić information content (AvgIpc) is 2.67. The molecule has 1 aromatic heterocycles. The van der Waals surface area contributed by atoms with Gasteiger partial charge in [-0.25, -0.2) is 24.4 Å². The first-order chi connectivity index (χ1) is 13.4. The molecular weight excluding hydrogens is 366 g/mol. The van der Waals surface area contributed by atoms with Crippen LogP contribution in [0, 0.1) is 0 Å². The van der Waals surface area contributed by atoms with Crippen molar-refractivity contribution in [1.29, 1.82) is 0 Å². The minimum absolute atomic E-state index is 0.0195. The van der Waals surface area contributed by atoms with Crippen molar-refractivity contribution < 1.29 is 29.3 Å². The number of carbonyl (C=O) groups excluding carboxylic acids is 1. The van der Waals surface area contributed by atoms with Crippen molar-refractivity contribution in [2.75, 3.05) is 11.9 Å². The van der Waals surface area contributed by atoms with E-state index in [-0.39, 0.29) is 35.1 Å². The third kappa shape index (κ3) is 3.73. The molecule has 3 N–H and O–H groups in total. The first-order valence-electron chi connectivity index (χ1n) is 8.22. The van der Waals surface area contributed by atoms with Gasteiger partial charge in [0, 0.05) is 5.39 Å². The molecule has 0 aliphatic heterocycles. The topological polar surface area (TPSA) is 139 Å². The van der Waals surface area contributed by atoms with Gasteiger partial charge in [0.05, 0.1) is 28.9 Å². The van der Waals surface area contributed by atoms with Crippen molar-refractivity contribution in [2.24, 2.45) is 0 Å². The second-order valence-electron chi connectivity index (χ2n) is 5.63. The van der Waals surface area contributed by atoms with Crippen molar-refractivity contribution in [3.8, 4) is 0 Å². The van der Waals surface area contributed by atoms with E-state index in [1.807, 2.05) is 0 Å². The predicted molar refractivity (Wildman–Crippen MR) is 99.1 cm³/mol. The smallest absolute Gasteiger partial charge is 0.376 e. The van der Waals surface area contributed by atoms with E-state index in [1.54, 1.807) is 31.2 Å². The number of nitrogens with one attached hydrogen (secondary N) is 1. The number of anilines is 2. The third-order valence-corrected chi connectivity index (χ3v) is 3.81. The number of para-hydroxylation sites is 1. The molecule has 1 heterocycles. The maximum Gasteiger partial charge on any atom is 0.376 e. The number of carbonyl (C=O) groups is 3. The molecule has 0 amide bonds. The first kappa shape index (κ1) is 18.8. The van der Waals surface area contributed by atoms with E-state index in [9.17, 15) is 24.6 Å². The lowest BCUT2D eigenvalue weighted by Gasteiger charge is -2.13. The van der Waals surface area contributed by atoms with Gasteiger partial charge < -0.3 is 20.3 Å². The SMILES string of the molecule is CCOC(=O)c1nc(Nc2cc(C(=O)O)ccc2C(=O)O)c2ccccc2n1. The summed E-state index contributed by atoms with van der Waals surface area (Å²) in [5, 5.41) is 21.9. The number of aromatic carboxylic acids is 2. The molecule has 0 bridgehead atoms. The lowest BCUT2D eigenvalue weighted by molar-refractivity contribution is 0.0511. The summed E-state index contributed by atoms with van der Waals surface area (Å²) >= 11 is 0. The predicted octanol–water partition coefficient (Wildman–Crippen LogP) is 2.95. The van der Waals surface area contributed by atoms with Crippen LogP contribution in [0.4, 0.5) is 11.5 Å². The Morgan fingerprint density at radius 2 is 1.79 bits per heavy atom. The third-order valence-electron chi connectivity index (χ3n) is 3.81. The molecular formula is C19H15N3O6. The normalized spacial score (nSPS) is 10.5. The maximum atomic E-state index is 12.1. The molecule has 0 atom stereocenters. The summed E-state index contributed by atoms with van der Waals surface area (Å²) in [6.45, 7) is 1.79. The van der Waals surface area contributed by atoms with Gasteiger partial charge in [0.1, 0.15) is 5.82 Å². The fourth-order valence-electron chi connectivity index (χ4n) is 2.55. The number of carboxylic acid groups (broad SMARTS) is 2. The molecule has 3 rings (SSSR count). The number of aromatic nitrogens is 2. The number of ether oxygens (including phenoxy) is 1. The molecule has 0 radical (unpaired) electrons. The first-order valence-corrected chi connectivity index (χ1v) is 8.22. The number of hydrogen-bond acceptors (Lipinski definition) is 7. The minimum atomic E-state index is -1.25. The van der Waals surface area contributed by atoms with Crippen molar-refractivity contribution in [3.63, 3.8) is 0 Å². The molecule has 2 aromatic carbocycles. The van der Waals surface area contributed by atoms with Crippen LogP contribution in [0.2, 0.25) is 0 Å². The van der Waals surface area contributed by atoms with E-state index in [0.717, 1.165) is 0 Å². The average molecular weight is 381 g/mol. The number of benzene rings is 2. The summed E-state index contributed by atoms with van der Waals surface area (Å²) in [4.78, 5) is 43.2. The zero-order valence-corrected chi connectivity index (χ0v) is 14.7. The zero-order valence-electron chi connectivity index (χ0n) is 14.7. The summed E-state index contributed by atoms with van der Waals surface area (Å²) in [5.74, 6) is -3.23. The lowest BCUT2D eigenvalue weighted by Crippen LogP contribution is -2.12. The molecule has 0 aliphatic carbocycles. The van der Waals surface area contributed by atoms with E-state index < -0.39 is 17.9 Å². The van der Waals surface area contributed by atoms with Gasteiger partial charge in [0.25, 0.3) is 0 Å². The molecule has 9 heteroatoms. The Hall–Kier alpha value is -4.01. The van der Waals surface area contributed by atoms with Crippen molar-refractivity contribution >= 4 is 40.3 Å². The molecule has 0 spiro atoms. The fourth-order valence-corrected chi connectivity index (χ4v) is 2.55. The van der Waals surface area contributed by atoms with Gasteiger partial charge >= 0.3 is 17.9 Å². The van der Waals surface area contributed by atoms with Gasteiger partial charge in [-0.15, -0.1) is 0 Å². The van der Waals surface area contributed by atoms with Crippen LogP contribution in [-0.2, 0) is 4.74 Å². The van der Waals surface area contributed by atoms with Crippen molar-refractivity contribution in [2.45, 2.75) is 6.92 Å². The molecule has 0 aliphatic rings. The molecule has 28 heavy (non-hydrogen) atoms. The van der Waals surface area contributed by atoms with Crippen LogP contribution in [0.15, 0.2) is 42.5 Å². The number of rotatable bonds is 6. The van der Waals surface area contributed by atoms with E-state index in [0.29, 0.717) is 10.9 Å². The number of hydrogen-bond donors (Lipinski definition) is 3. The molecule has 0 saturated heterocycles. The van der Waals surface area contributed by atoms with Gasteiger partial charge in [-0.1, -0.05) is 12.1 Å². The summed E-state index contributed by atoms with van der Waals surface area (Å²) < 4.78 is 4.93. The van der Waals surface area contributed by atoms with Gasteiger partial charge in [-0.3, -0.25) is 0 Å². The quantitative estimate of drug-likeness (QED) is 0.550. The Kier molecular flexibility index (Phi) is 5.16. The Balaban J connectivity index is 2.16. The Morgan fingerprint density at radius 3 is 2.46 bits per heavy atom. The van der Waals surface area contributed by atoms with E-state index >= 15 is 0 Å². The lowest BCUT2D eigenvalue weighted by atomic mass is 10.1. The molecule has 142 valence electrons. The van der Waals surface area contributed by atoms with Gasteiger partial charge in [0.2, 0.25) is 5.82 Å².